The van der Waals surface area contributed by atoms with Gasteiger partial charge in [-0.2, -0.15) is 0 Å². The van der Waals surface area contributed by atoms with E-state index in [1.54, 1.807) is 0 Å². The third kappa shape index (κ3) is 1.13. The van der Waals surface area contributed by atoms with E-state index in [9.17, 15) is 4.79 Å². The molecule has 0 aromatic heterocycles. The van der Waals surface area contributed by atoms with E-state index in [2.05, 4.69) is 13.8 Å². The first-order valence-electron chi connectivity index (χ1n) is 6.46. The van der Waals surface area contributed by atoms with Gasteiger partial charge in [0.2, 0.25) is 0 Å². The van der Waals surface area contributed by atoms with Crippen molar-refractivity contribution in [2.75, 3.05) is 0 Å². The lowest BCUT2D eigenvalue weighted by atomic mass is 9.52. The third-order valence-electron chi connectivity index (χ3n) is 5.81. The molecule has 0 spiro atoms. The summed E-state index contributed by atoms with van der Waals surface area (Å²) in [5.74, 6) is 3.03. The zero-order chi connectivity index (χ0) is 10.8. The number of ketones is 1. The average molecular weight is 206 g/mol. The molecule has 15 heavy (non-hydrogen) atoms. The molecule has 0 heterocycles. The van der Waals surface area contributed by atoms with Crippen molar-refractivity contribution in [3.8, 4) is 0 Å². The van der Waals surface area contributed by atoms with Gasteiger partial charge in [0.1, 0.15) is 5.78 Å². The Labute approximate surface area is 92.6 Å². The van der Waals surface area contributed by atoms with Crippen LogP contribution in [0.4, 0.5) is 0 Å². The maximum Gasteiger partial charge on any atom is 0.136 e. The Morgan fingerprint density at radius 1 is 1.27 bits per heavy atom. The van der Waals surface area contributed by atoms with E-state index in [1.165, 1.54) is 32.1 Å². The summed E-state index contributed by atoms with van der Waals surface area (Å²) in [5.41, 5.74) is 0.594. The molecule has 5 atom stereocenters. The highest BCUT2D eigenvalue weighted by molar-refractivity contribution is 5.83. The molecule has 0 radical (unpaired) electrons. The molecule has 0 aromatic carbocycles. The second-order valence-electron chi connectivity index (χ2n) is 6.97. The summed E-state index contributed by atoms with van der Waals surface area (Å²) in [7, 11) is 0. The third-order valence-corrected chi connectivity index (χ3v) is 5.81. The second-order valence-corrected chi connectivity index (χ2v) is 6.97. The van der Waals surface area contributed by atoms with E-state index >= 15 is 0 Å². The highest BCUT2D eigenvalue weighted by atomic mass is 16.1. The molecule has 1 heteroatoms. The van der Waals surface area contributed by atoms with Crippen LogP contribution in [0.25, 0.3) is 0 Å². The lowest BCUT2D eigenvalue weighted by Crippen LogP contribution is -2.47. The van der Waals surface area contributed by atoms with Gasteiger partial charge >= 0.3 is 0 Å². The standard InChI is InChI=1S/C14H22O/c1-9-5-14(10(2)15)7-11-4-12(9)13(3,6-11)8-14/h9,11-12H,4-8H2,1-3H3. The number of hydrogen-bond donors (Lipinski definition) is 0. The molecule has 3 bridgehead atoms. The van der Waals surface area contributed by atoms with Gasteiger partial charge in [-0.3, -0.25) is 4.79 Å². The minimum Gasteiger partial charge on any atom is -0.299 e. The molecule has 5 unspecified atom stereocenters. The lowest BCUT2D eigenvalue weighted by molar-refractivity contribution is -0.137. The van der Waals surface area contributed by atoms with Gasteiger partial charge in [-0.05, 0) is 62.2 Å². The van der Waals surface area contributed by atoms with E-state index in [4.69, 9.17) is 0 Å². The highest BCUT2D eigenvalue weighted by Crippen LogP contribution is 2.68. The molecule has 84 valence electrons. The Morgan fingerprint density at radius 2 is 2.00 bits per heavy atom. The van der Waals surface area contributed by atoms with E-state index in [0.717, 1.165) is 17.8 Å². The number of hydrogen-bond acceptors (Lipinski definition) is 1. The Balaban J connectivity index is 2.06. The molecule has 1 nitrogen and oxygen atoms in total. The van der Waals surface area contributed by atoms with Crippen molar-refractivity contribution in [1.29, 1.82) is 0 Å². The van der Waals surface area contributed by atoms with Crippen molar-refractivity contribution < 1.29 is 4.79 Å². The molecule has 0 amide bonds. The van der Waals surface area contributed by atoms with E-state index < -0.39 is 0 Å². The summed E-state index contributed by atoms with van der Waals surface area (Å²) in [6.45, 7) is 6.67. The predicted octanol–water partition coefficient (Wildman–Crippen LogP) is 3.43. The van der Waals surface area contributed by atoms with E-state index in [0.29, 0.717) is 11.2 Å². The summed E-state index contributed by atoms with van der Waals surface area (Å²) < 4.78 is 0. The van der Waals surface area contributed by atoms with Crippen molar-refractivity contribution >= 4 is 5.78 Å². The Hall–Kier alpha value is -0.330. The first kappa shape index (κ1) is 9.86. The molecule has 3 rings (SSSR count). The monoisotopic (exact) mass is 206 g/mol. The van der Waals surface area contributed by atoms with Crippen LogP contribution in [-0.2, 0) is 4.79 Å². The smallest absolute Gasteiger partial charge is 0.136 e. The molecular formula is C14H22O. The molecule has 3 saturated carbocycles. The molecule has 0 N–H and O–H groups in total. The number of carbonyl (C=O) groups excluding carboxylic acids is 1. The quantitative estimate of drug-likeness (QED) is 0.642. The summed E-state index contributed by atoms with van der Waals surface area (Å²) in [6, 6.07) is 0. The molecular weight excluding hydrogens is 184 g/mol. The average Bonchev–Trinajstić information content (AvgIpc) is 2.27. The van der Waals surface area contributed by atoms with Gasteiger partial charge in [0.15, 0.2) is 0 Å². The summed E-state index contributed by atoms with van der Waals surface area (Å²) >= 11 is 0. The zero-order valence-corrected chi connectivity index (χ0v) is 10.2. The van der Waals surface area contributed by atoms with Gasteiger partial charge in [-0.1, -0.05) is 13.8 Å². The van der Waals surface area contributed by atoms with E-state index in [-0.39, 0.29) is 5.41 Å². The normalized spacial score (nSPS) is 57.1. The van der Waals surface area contributed by atoms with Crippen LogP contribution in [0.5, 0.6) is 0 Å². The van der Waals surface area contributed by atoms with Gasteiger partial charge in [-0.25, -0.2) is 0 Å². The number of fused-ring (bicyclic) bond motifs is 2. The Bertz CT molecular complexity index is 317. The van der Waals surface area contributed by atoms with Gasteiger partial charge in [0, 0.05) is 5.41 Å². The molecule has 0 aromatic rings. The number of Topliss-reactive ketones (excluding diaryl/α,β-unsaturated/α-hetero) is 1. The Morgan fingerprint density at radius 3 is 2.67 bits per heavy atom. The van der Waals surface area contributed by atoms with Crippen molar-refractivity contribution in [1.82, 2.24) is 0 Å². The minimum absolute atomic E-state index is 0.0874. The lowest BCUT2D eigenvalue weighted by Gasteiger charge is -2.52. The topological polar surface area (TPSA) is 17.1 Å². The van der Waals surface area contributed by atoms with Crippen LogP contribution in [0, 0.1) is 28.6 Å². The van der Waals surface area contributed by atoms with Crippen LogP contribution in [-0.4, -0.2) is 5.78 Å². The molecule has 3 fully saturated rings. The second kappa shape index (κ2) is 2.67. The van der Waals surface area contributed by atoms with Crippen LogP contribution in [0.2, 0.25) is 0 Å². The summed E-state index contributed by atoms with van der Waals surface area (Å²) in [4.78, 5) is 12.0. The fourth-order valence-corrected chi connectivity index (χ4v) is 5.54. The van der Waals surface area contributed by atoms with Crippen molar-refractivity contribution in [3.05, 3.63) is 0 Å². The van der Waals surface area contributed by atoms with Crippen LogP contribution < -0.4 is 0 Å². The van der Waals surface area contributed by atoms with Crippen molar-refractivity contribution in [2.24, 2.45) is 28.6 Å². The van der Waals surface area contributed by atoms with Crippen molar-refractivity contribution in [2.45, 2.75) is 52.9 Å². The minimum atomic E-state index is 0.0874. The molecule has 0 saturated heterocycles. The van der Waals surface area contributed by atoms with Gasteiger partial charge in [0.05, 0.1) is 0 Å². The van der Waals surface area contributed by atoms with Gasteiger partial charge < -0.3 is 0 Å². The maximum atomic E-state index is 12.0. The van der Waals surface area contributed by atoms with Gasteiger partial charge in [0.25, 0.3) is 0 Å². The number of carbonyl (C=O) groups is 1. The van der Waals surface area contributed by atoms with Crippen LogP contribution in [0.15, 0.2) is 0 Å². The van der Waals surface area contributed by atoms with Crippen LogP contribution in [0.1, 0.15) is 52.9 Å². The maximum absolute atomic E-state index is 12.0. The summed E-state index contributed by atoms with van der Waals surface area (Å²) in [5, 5.41) is 0. The van der Waals surface area contributed by atoms with Crippen molar-refractivity contribution in [3.63, 3.8) is 0 Å². The van der Waals surface area contributed by atoms with Crippen LogP contribution in [0.3, 0.4) is 0 Å². The van der Waals surface area contributed by atoms with Crippen LogP contribution >= 0.6 is 0 Å². The first-order chi connectivity index (χ1) is 6.95. The Kier molecular flexibility index (Phi) is 1.76. The van der Waals surface area contributed by atoms with Gasteiger partial charge in [-0.15, -0.1) is 0 Å². The summed E-state index contributed by atoms with van der Waals surface area (Å²) in [6.07, 6.45) is 6.39. The first-order valence-corrected chi connectivity index (χ1v) is 6.46. The largest absolute Gasteiger partial charge is 0.299 e. The number of rotatable bonds is 1. The zero-order valence-electron chi connectivity index (χ0n) is 10.2. The van der Waals surface area contributed by atoms with E-state index in [1.807, 2.05) is 6.92 Å². The fraction of sp³-hybridized carbons (Fsp3) is 0.929. The molecule has 3 aliphatic carbocycles. The SMILES string of the molecule is CC(=O)C12CC3CC(C(C)C1)C(C)(C3)C2. The predicted molar refractivity (Wildman–Crippen MR) is 60.5 cm³/mol. The molecule has 0 aliphatic heterocycles. The highest BCUT2D eigenvalue weighted by Gasteiger charge is 2.61. The molecule has 3 aliphatic rings. The fourth-order valence-electron chi connectivity index (χ4n) is 5.54.